The number of ether oxygens (including phenoxy) is 2. The van der Waals surface area contributed by atoms with Gasteiger partial charge in [-0.15, -0.1) is 0 Å². The van der Waals surface area contributed by atoms with Gasteiger partial charge in [0.25, 0.3) is 0 Å². The summed E-state index contributed by atoms with van der Waals surface area (Å²) in [7, 11) is 2.91. The van der Waals surface area contributed by atoms with Gasteiger partial charge in [-0.2, -0.15) is 0 Å². The van der Waals surface area contributed by atoms with Crippen molar-refractivity contribution in [2.75, 3.05) is 14.2 Å². The fourth-order valence-corrected chi connectivity index (χ4v) is 3.47. The van der Waals surface area contributed by atoms with Crippen LogP contribution in [0.4, 0.5) is 4.39 Å². The van der Waals surface area contributed by atoms with Gasteiger partial charge in [0.05, 0.1) is 26.3 Å². The summed E-state index contributed by atoms with van der Waals surface area (Å²) in [6.07, 6.45) is 0.115. The third-order valence-corrected chi connectivity index (χ3v) is 5.00. The number of esters is 1. The molecule has 1 aliphatic heterocycles. The number of carbonyl (C=O) groups is 2. The van der Waals surface area contributed by atoms with E-state index in [2.05, 4.69) is 0 Å². The van der Waals surface area contributed by atoms with E-state index in [1.807, 2.05) is 24.3 Å². The number of hydrogen-bond donors (Lipinski definition) is 0. The Labute approximate surface area is 163 Å². The smallest absolute Gasteiger partial charge is 0.336 e. The van der Waals surface area contributed by atoms with Gasteiger partial charge in [0.2, 0.25) is 5.91 Å². The molecule has 1 aliphatic rings. The number of allylic oxidation sites excluding steroid dienone is 1. The van der Waals surface area contributed by atoms with Crippen LogP contribution in [-0.4, -0.2) is 31.0 Å². The molecular weight excluding hydrogens is 361 g/mol. The highest BCUT2D eigenvalue weighted by atomic mass is 19.1. The first-order valence-corrected chi connectivity index (χ1v) is 8.92. The molecule has 0 fully saturated rings. The van der Waals surface area contributed by atoms with Crippen molar-refractivity contribution in [2.24, 2.45) is 0 Å². The first-order chi connectivity index (χ1) is 13.4. The quantitative estimate of drug-likeness (QED) is 0.737. The molecule has 1 unspecified atom stereocenters. The van der Waals surface area contributed by atoms with Crippen LogP contribution in [0, 0.1) is 5.82 Å². The van der Waals surface area contributed by atoms with Gasteiger partial charge < -0.3 is 14.4 Å². The van der Waals surface area contributed by atoms with Crippen molar-refractivity contribution in [1.82, 2.24) is 4.90 Å². The van der Waals surface area contributed by atoms with E-state index in [-0.39, 0.29) is 18.1 Å². The molecule has 1 atom stereocenters. The molecular formula is C22H22FNO4. The van der Waals surface area contributed by atoms with Gasteiger partial charge in [-0.1, -0.05) is 24.3 Å². The Bertz CT molecular complexity index is 903. The largest absolute Gasteiger partial charge is 0.497 e. The normalized spacial score (nSPS) is 16.9. The van der Waals surface area contributed by atoms with Gasteiger partial charge in [-0.25, -0.2) is 9.18 Å². The van der Waals surface area contributed by atoms with Crippen molar-refractivity contribution >= 4 is 11.9 Å². The summed E-state index contributed by atoms with van der Waals surface area (Å²) in [5.41, 5.74) is 2.59. The lowest BCUT2D eigenvalue weighted by molar-refractivity contribution is -0.138. The highest BCUT2D eigenvalue weighted by molar-refractivity contribution is 5.95. The topological polar surface area (TPSA) is 55.8 Å². The third kappa shape index (κ3) is 3.91. The minimum absolute atomic E-state index is 0.102. The molecule has 0 spiro atoms. The number of benzene rings is 2. The number of hydrogen-bond acceptors (Lipinski definition) is 4. The van der Waals surface area contributed by atoms with Crippen LogP contribution in [0.2, 0.25) is 0 Å². The Morgan fingerprint density at radius 1 is 1.11 bits per heavy atom. The number of rotatable bonds is 5. The molecule has 2 aromatic rings. The maximum atomic E-state index is 13.3. The highest BCUT2D eigenvalue weighted by Crippen LogP contribution is 2.37. The lowest BCUT2D eigenvalue weighted by atomic mass is 9.83. The molecule has 6 heteroatoms. The molecule has 0 N–H and O–H groups in total. The molecule has 28 heavy (non-hydrogen) atoms. The summed E-state index contributed by atoms with van der Waals surface area (Å²) >= 11 is 0. The van der Waals surface area contributed by atoms with Gasteiger partial charge in [0, 0.05) is 18.0 Å². The van der Waals surface area contributed by atoms with Crippen molar-refractivity contribution in [3.63, 3.8) is 0 Å². The van der Waals surface area contributed by atoms with Crippen LogP contribution in [0.5, 0.6) is 5.75 Å². The lowest BCUT2D eigenvalue weighted by Gasteiger charge is -2.34. The first-order valence-electron chi connectivity index (χ1n) is 8.92. The summed E-state index contributed by atoms with van der Waals surface area (Å²) < 4.78 is 23.4. The van der Waals surface area contributed by atoms with E-state index in [0.717, 1.165) is 11.3 Å². The predicted molar refractivity (Wildman–Crippen MR) is 102 cm³/mol. The zero-order chi connectivity index (χ0) is 20.3. The Hall–Kier alpha value is -3.15. The zero-order valence-electron chi connectivity index (χ0n) is 16.1. The first kappa shape index (κ1) is 19.6. The molecule has 1 amide bonds. The molecule has 0 aliphatic carbocycles. The minimum Gasteiger partial charge on any atom is -0.497 e. The molecule has 0 aromatic heterocycles. The summed E-state index contributed by atoms with van der Waals surface area (Å²) in [4.78, 5) is 27.0. The van der Waals surface area contributed by atoms with Crippen LogP contribution >= 0.6 is 0 Å². The standard InChI is InChI=1S/C22H22FNO4/c1-14-21(22(26)28-3)19(16-6-8-17(23)9-7-16)12-20(25)24(14)13-15-4-10-18(27-2)11-5-15/h4-11,19H,12-13H2,1-3H3. The van der Waals surface area contributed by atoms with Crippen molar-refractivity contribution in [1.29, 1.82) is 0 Å². The van der Waals surface area contributed by atoms with E-state index < -0.39 is 11.9 Å². The second-order valence-corrected chi connectivity index (χ2v) is 6.63. The molecule has 1 heterocycles. The number of methoxy groups -OCH3 is 2. The molecule has 0 bridgehead atoms. The zero-order valence-corrected chi connectivity index (χ0v) is 16.1. The fraction of sp³-hybridized carbons (Fsp3) is 0.273. The average Bonchev–Trinajstić information content (AvgIpc) is 2.71. The molecule has 0 saturated heterocycles. The van der Waals surface area contributed by atoms with Gasteiger partial charge in [-0.05, 0) is 42.3 Å². The van der Waals surface area contributed by atoms with Gasteiger partial charge >= 0.3 is 5.97 Å². The third-order valence-electron chi connectivity index (χ3n) is 5.00. The van der Waals surface area contributed by atoms with Crippen LogP contribution in [0.1, 0.15) is 30.4 Å². The van der Waals surface area contributed by atoms with E-state index in [9.17, 15) is 14.0 Å². The summed E-state index contributed by atoms with van der Waals surface area (Å²) in [6, 6.07) is 13.3. The van der Waals surface area contributed by atoms with Gasteiger partial charge in [-0.3, -0.25) is 4.79 Å². The van der Waals surface area contributed by atoms with Crippen LogP contribution in [0.25, 0.3) is 0 Å². The minimum atomic E-state index is -0.487. The van der Waals surface area contributed by atoms with Crippen LogP contribution in [0.3, 0.4) is 0 Å². The second kappa shape index (κ2) is 8.25. The van der Waals surface area contributed by atoms with Crippen LogP contribution in [-0.2, 0) is 20.9 Å². The lowest BCUT2D eigenvalue weighted by Crippen LogP contribution is -2.37. The van der Waals surface area contributed by atoms with Crippen molar-refractivity contribution < 1.29 is 23.5 Å². The Kier molecular flexibility index (Phi) is 5.78. The predicted octanol–water partition coefficient (Wildman–Crippen LogP) is 3.80. The summed E-state index contributed by atoms with van der Waals surface area (Å²) in [6.45, 7) is 2.08. The molecule has 5 nitrogen and oxygen atoms in total. The van der Waals surface area contributed by atoms with Gasteiger partial charge in [0.15, 0.2) is 0 Å². The molecule has 0 radical (unpaired) electrons. The summed E-state index contributed by atoms with van der Waals surface area (Å²) in [5, 5.41) is 0. The fourth-order valence-electron chi connectivity index (χ4n) is 3.47. The Morgan fingerprint density at radius 2 is 1.75 bits per heavy atom. The number of carbonyl (C=O) groups excluding carboxylic acids is 2. The second-order valence-electron chi connectivity index (χ2n) is 6.63. The number of amides is 1. The Balaban J connectivity index is 1.97. The number of nitrogens with zero attached hydrogens (tertiary/aromatic N) is 1. The van der Waals surface area contributed by atoms with Crippen molar-refractivity contribution in [3.8, 4) is 5.75 Å². The van der Waals surface area contributed by atoms with Crippen molar-refractivity contribution in [2.45, 2.75) is 25.8 Å². The van der Waals surface area contributed by atoms with E-state index in [4.69, 9.17) is 9.47 Å². The molecule has 0 saturated carbocycles. The summed E-state index contributed by atoms with van der Waals surface area (Å²) in [5.74, 6) is -0.693. The van der Waals surface area contributed by atoms with E-state index in [0.29, 0.717) is 23.4 Å². The monoisotopic (exact) mass is 383 g/mol. The maximum absolute atomic E-state index is 13.3. The van der Waals surface area contributed by atoms with E-state index in [1.165, 1.54) is 19.2 Å². The maximum Gasteiger partial charge on any atom is 0.336 e. The van der Waals surface area contributed by atoms with Crippen molar-refractivity contribution in [3.05, 3.63) is 76.7 Å². The van der Waals surface area contributed by atoms with Crippen LogP contribution < -0.4 is 4.74 Å². The Morgan fingerprint density at radius 3 is 2.32 bits per heavy atom. The van der Waals surface area contributed by atoms with E-state index >= 15 is 0 Å². The number of halogens is 1. The highest BCUT2D eigenvalue weighted by Gasteiger charge is 2.36. The average molecular weight is 383 g/mol. The molecule has 3 rings (SSSR count). The SMILES string of the molecule is COC(=O)C1=C(C)N(Cc2ccc(OC)cc2)C(=O)CC1c1ccc(F)cc1. The van der Waals surface area contributed by atoms with E-state index in [1.54, 1.807) is 31.1 Å². The van der Waals surface area contributed by atoms with Crippen LogP contribution in [0.15, 0.2) is 59.8 Å². The molecule has 2 aromatic carbocycles. The molecule has 146 valence electrons. The van der Waals surface area contributed by atoms with Gasteiger partial charge in [0.1, 0.15) is 11.6 Å².